The second-order valence-electron chi connectivity index (χ2n) is 8.29. The van der Waals surface area contributed by atoms with E-state index in [-0.39, 0.29) is 10.8 Å². The molecule has 1 N–H and O–H groups in total. The van der Waals surface area contributed by atoms with Crippen LogP contribution in [0, 0.1) is 0 Å². The van der Waals surface area contributed by atoms with Crippen molar-refractivity contribution in [1.29, 1.82) is 0 Å². The van der Waals surface area contributed by atoms with Crippen LogP contribution in [0.15, 0.2) is 47.5 Å². The lowest BCUT2D eigenvalue weighted by molar-refractivity contribution is -0.117. The van der Waals surface area contributed by atoms with E-state index < -0.39 is 10.0 Å². The zero-order chi connectivity index (χ0) is 22.6. The van der Waals surface area contributed by atoms with Gasteiger partial charge in [0, 0.05) is 51.2 Å². The standard InChI is InChI=1S/C23H31N5O3S/c1-2-19-7-3-4-8-21(19)25-23(29)18-26-13-15-27(16-14-26)22-10-9-20(17-24-22)32(30,31)28-11-5-6-12-28/h3-4,7-10,17H,2,5-6,11-16,18H2,1H3,(H,25,29). The summed E-state index contributed by atoms with van der Waals surface area (Å²) in [5.74, 6) is 0.764. The van der Waals surface area contributed by atoms with E-state index in [9.17, 15) is 13.2 Å². The monoisotopic (exact) mass is 457 g/mol. The van der Waals surface area contributed by atoms with Crippen molar-refractivity contribution in [2.24, 2.45) is 0 Å². The quantitative estimate of drug-likeness (QED) is 0.686. The molecule has 8 nitrogen and oxygen atoms in total. The van der Waals surface area contributed by atoms with Crippen LogP contribution in [0.1, 0.15) is 25.3 Å². The van der Waals surface area contributed by atoms with E-state index in [1.165, 1.54) is 10.5 Å². The summed E-state index contributed by atoms with van der Waals surface area (Å²) in [6.07, 6.45) is 4.17. The molecule has 0 spiro atoms. The molecule has 0 unspecified atom stereocenters. The summed E-state index contributed by atoms with van der Waals surface area (Å²) in [6.45, 7) is 6.58. The van der Waals surface area contributed by atoms with Crippen molar-refractivity contribution in [3.05, 3.63) is 48.2 Å². The summed E-state index contributed by atoms with van der Waals surface area (Å²) in [7, 11) is -3.44. The minimum Gasteiger partial charge on any atom is -0.354 e. The molecule has 2 aliphatic heterocycles. The lowest BCUT2D eigenvalue weighted by Gasteiger charge is -2.35. The third-order valence-corrected chi connectivity index (χ3v) is 8.04. The zero-order valence-corrected chi connectivity index (χ0v) is 19.4. The van der Waals surface area contributed by atoms with Crippen LogP contribution in [0.2, 0.25) is 0 Å². The first-order chi connectivity index (χ1) is 15.5. The van der Waals surface area contributed by atoms with Crippen molar-refractivity contribution < 1.29 is 13.2 Å². The number of anilines is 2. The molecule has 4 rings (SSSR count). The number of hydrogen-bond acceptors (Lipinski definition) is 6. The van der Waals surface area contributed by atoms with Crippen LogP contribution in [0.5, 0.6) is 0 Å². The number of amides is 1. The van der Waals surface area contributed by atoms with E-state index >= 15 is 0 Å². The fourth-order valence-electron chi connectivity index (χ4n) is 4.27. The topological polar surface area (TPSA) is 85.8 Å². The van der Waals surface area contributed by atoms with Gasteiger partial charge >= 0.3 is 0 Å². The molecule has 1 amide bonds. The molecule has 0 aliphatic carbocycles. The number of pyridine rings is 1. The van der Waals surface area contributed by atoms with E-state index in [1.54, 1.807) is 12.1 Å². The van der Waals surface area contributed by atoms with Crippen molar-refractivity contribution in [3.63, 3.8) is 0 Å². The van der Waals surface area contributed by atoms with Gasteiger partial charge in [0.25, 0.3) is 0 Å². The second-order valence-corrected chi connectivity index (χ2v) is 10.2. The van der Waals surface area contributed by atoms with Gasteiger partial charge < -0.3 is 10.2 Å². The Morgan fingerprint density at radius 1 is 1.00 bits per heavy atom. The number of carbonyl (C=O) groups excluding carboxylic acids is 1. The minimum atomic E-state index is -3.44. The van der Waals surface area contributed by atoms with Gasteiger partial charge in [-0.2, -0.15) is 4.31 Å². The van der Waals surface area contributed by atoms with Crippen LogP contribution >= 0.6 is 0 Å². The molecule has 2 aromatic rings. The molecule has 2 fully saturated rings. The maximum absolute atomic E-state index is 12.7. The first-order valence-electron chi connectivity index (χ1n) is 11.3. The average Bonchev–Trinajstić information content (AvgIpc) is 3.36. The van der Waals surface area contributed by atoms with E-state index in [2.05, 4.69) is 27.0 Å². The Labute approximate surface area is 190 Å². The third kappa shape index (κ3) is 5.11. The lowest BCUT2D eigenvalue weighted by atomic mass is 10.1. The van der Waals surface area contributed by atoms with Gasteiger partial charge in [0.05, 0.1) is 6.54 Å². The molecule has 2 aliphatic rings. The SMILES string of the molecule is CCc1ccccc1NC(=O)CN1CCN(c2ccc(S(=O)(=O)N3CCCC3)cn2)CC1. The number of rotatable bonds is 7. The number of nitrogens with zero attached hydrogens (tertiary/aromatic N) is 4. The Hall–Kier alpha value is -2.49. The summed E-state index contributed by atoms with van der Waals surface area (Å²) in [6, 6.07) is 11.3. The smallest absolute Gasteiger partial charge is 0.244 e. The predicted molar refractivity (Wildman–Crippen MR) is 125 cm³/mol. The Morgan fingerprint density at radius 3 is 2.38 bits per heavy atom. The Kier molecular flexibility index (Phi) is 7.07. The number of aryl methyl sites for hydroxylation is 1. The molecule has 1 aromatic heterocycles. The number of benzene rings is 1. The molecule has 1 aromatic carbocycles. The maximum Gasteiger partial charge on any atom is 0.244 e. The van der Waals surface area contributed by atoms with Crippen molar-refractivity contribution in [1.82, 2.24) is 14.2 Å². The van der Waals surface area contributed by atoms with E-state index in [0.29, 0.717) is 19.6 Å². The second kappa shape index (κ2) is 9.97. The predicted octanol–water partition coefficient (Wildman–Crippen LogP) is 2.19. The van der Waals surface area contributed by atoms with Gasteiger partial charge in [0.1, 0.15) is 10.7 Å². The molecule has 0 atom stereocenters. The van der Waals surface area contributed by atoms with Crippen LogP contribution in [0.25, 0.3) is 0 Å². The van der Waals surface area contributed by atoms with Crippen molar-refractivity contribution in [3.8, 4) is 0 Å². The van der Waals surface area contributed by atoms with E-state index in [1.807, 2.05) is 24.3 Å². The van der Waals surface area contributed by atoms with Crippen molar-refractivity contribution >= 4 is 27.4 Å². The Balaban J connectivity index is 1.29. The molecule has 0 bridgehead atoms. The number of hydrogen-bond donors (Lipinski definition) is 1. The normalized spacial score (nSPS) is 18.1. The number of aromatic nitrogens is 1. The average molecular weight is 458 g/mol. The maximum atomic E-state index is 12.7. The van der Waals surface area contributed by atoms with E-state index in [4.69, 9.17) is 0 Å². The van der Waals surface area contributed by atoms with Crippen LogP contribution in [-0.2, 0) is 21.2 Å². The van der Waals surface area contributed by atoms with Gasteiger partial charge in [0.15, 0.2) is 0 Å². The molecule has 0 radical (unpaired) electrons. The molecule has 172 valence electrons. The van der Waals surface area contributed by atoms with Crippen molar-refractivity contribution in [2.75, 3.05) is 56.0 Å². The first-order valence-corrected chi connectivity index (χ1v) is 12.7. The summed E-state index contributed by atoms with van der Waals surface area (Å²) in [5.41, 5.74) is 2.01. The summed E-state index contributed by atoms with van der Waals surface area (Å²) >= 11 is 0. The number of piperazine rings is 1. The molecule has 9 heteroatoms. The van der Waals surface area contributed by atoms with Crippen LogP contribution in [0.4, 0.5) is 11.5 Å². The highest BCUT2D eigenvalue weighted by Crippen LogP contribution is 2.22. The van der Waals surface area contributed by atoms with Crippen LogP contribution < -0.4 is 10.2 Å². The first kappa shape index (κ1) is 22.7. The number of para-hydroxylation sites is 1. The van der Waals surface area contributed by atoms with Gasteiger partial charge in [-0.25, -0.2) is 13.4 Å². The summed E-state index contributed by atoms with van der Waals surface area (Å²) in [4.78, 5) is 21.4. The number of carbonyl (C=O) groups is 1. The highest BCUT2D eigenvalue weighted by Gasteiger charge is 2.28. The highest BCUT2D eigenvalue weighted by atomic mass is 32.2. The lowest BCUT2D eigenvalue weighted by Crippen LogP contribution is -2.49. The Bertz CT molecular complexity index is 1030. The summed E-state index contributed by atoms with van der Waals surface area (Å²) in [5, 5.41) is 3.03. The fraction of sp³-hybridized carbons (Fsp3) is 0.478. The zero-order valence-electron chi connectivity index (χ0n) is 18.5. The van der Waals surface area contributed by atoms with Crippen molar-refractivity contribution in [2.45, 2.75) is 31.1 Å². The molecule has 32 heavy (non-hydrogen) atoms. The minimum absolute atomic E-state index is 0.00560. The summed E-state index contributed by atoms with van der Waals surface area (Å²) < 4.78 is 26.9. The van der Waals surface area contributed by atoms with Crippen LogP contribution in [0.3, 0.4) is 0 Å². The third-order valence-electron chi connectivity index (χ3n) is 6.16. The molecular formula is C23H31N5O3S. The molecule has 3 heterocycles. The van der Waals surface area contributed by atoms with Gasteiger partial charge in [0.2, 0.25) is 15.9 Å². The fourth-order valence-corrected chi connectivity index (χ4v) is 5.73. The van der Waals surface area contributed by atoms with Gasteiger partial charge in [-0.1, -0.05) is 25.1 Å². The number of nitrogens with one attached hydrogen (secondary N) is 1. The molecule has 2 saturated heterocycles. The van der Waals surface area contributed by atoms with E-state index in [0.717, 1.165) is 62.5 Å². The highest BCUT2D eigenvalue weighted by molar-refractivity contribution is 7.89. The van der Waals surface area contributed by atoms with Crippen LogP contribution in [-0.4, -0.2) is 74.3 Å². The largest absolute Gasteiger partial charge is 0.354 e. The van der Waals surface area contributed by atoms with Gasteiger partial charge in [-0.15, -0.1) is 0 Å². The number of sulfonamides is 1. The van der Waals surface area contributed by atoms with Gasteiger partial charge in [-0.05, 0) is 43.0 Å². The van der Waals surface area contributed by atoms with Gasteiger partial charge in [-0.3, -0.25) is 9.69 Å². The Morgan fingerprint density at radius 2 is 1.72 bits per heavy atom. The molecular weight excluding hydrogens is 426 g/mol. The molecule has 0 saturated carbocycles.